The van der Waals surface area contributed by atoms with Crippen LogP contribution >= 0.6 is 0 Å². The summed E-state index contributed by atoms with van der Waals surface area (Å²) >= 11 is 0. The molecule has 0 radical (unpaired) electrons. The monoisotopic (exact) mass is 390 g/mol. The lowest BCUT2D eigenvalue weighted by molar-refractivity contribution is -0.139. The number of benzene rings is 1. The second-order valence-corrected chi connectivity index (χ2v) is 6.40. The fourth-order valence-electron chi connectivity index (χ4n) is 3.13. The Morgan fingerprint density at radius 3 is 2.32 bits per heavy atom. The summed E-state index contributed by atoms with van der Waals surface area (Å²) in [7, 11) is 0. The maximum absolute atomic E-state index is 13.1. The third kappa shape index (κ3) is 3.90. The molecule has 1 saturated heterocycles. The van der Waals surface area contributed by atoms with Gasteiger partial charge in [0.05, 0.1) is 18.0 Å². The lowest BCUT2D eigenvalue weighted by Crippen LogP contribution is -2.39. The van der Waals surface area contributed by atoms with Gasteiger partial charge in [0.1, 0.15) is 11.9 Å². The van der Waals surface area contributed by atoms with Crippen molar-refractivity contribution in [3.8, 4) is 11.6 Å². The van der Waals surface area contributed by atoms with Crippen molar-refractivity contribution in [2.75, 3.05) is 18.0 Å². The molecule has 0 N–H and O–H groups in total. The highest BCUT2D eigenvalue weighted by Gasteiger charge is 2.35. The summed E-state index contributed by atoms with van der Waals surface area (Å²) < 4.78 is 46.5. The molecule has 0 saturated carbocycles. The number of piperidine rings is 1. The number of nitrogens with zero attached hydrogens (tertiary/aromatic N) is 6. The summed E-state index contributed by atoms with van der Waals surface area (Å²) in [4.78, 5) is 2.04. The Hall–Kier alpha value is -3.17. The van der Waals surface area contributed by atoms with Crippen molar-refractivity contribution in [3.05, 3.63) is 54.4 Å². The molecule has 0 unspecified atom stereocenters. The average molecular weight is 390 g/mol. The average Bonchev–Trinajstić information content (AvgIpc) is 3.23. The van der Waals surface area contributed by atoms with E-state index in [0.29, 0.717) is 37.6 Å². The largest absolute Gasteiger partial charge is 0.490 e. The first-order valence-electron chi connectivity index (χ1n) is 8.79. The first kappa shape index (κ1) is 18.2. The van der Waals surface area contributed by atoms with Gasteiger partial charge in [0.25, 0.3) is 0 Å². The SMILES string of the molecule is FC(F)(F)c1ccccc1OC1CCN(c2ccc(-n3ccnn3)nn2)CC1. The van der Waals surface area contributed by atoms with Gasteiger partial charge >= 0.3 is 6.18 Å². The zero-order valence-corrected chi connectivity index (χ0v) is 14.8. The Bertz CT molecular complexity index is 906. The van der Waals surface area contributed by atoms with Crippen LogP contribution in [0.2, 0.25) is 0 Å². The van der Waals surface area contributed by atoms with Gasteiger partial charge in [-0.3, -0.25) is 0 Å². The third-order valence-corrected chi connectivity index (χ3v) is 4.55. The molecule has 3 aromatic rings. The van der Waals surface area contributed by atoms with Crippen LogP contribution < -0.4 is 9.64 Å². The highest BCUT2D eigenvalue weighted by Crippen LogP contribution is 2.37. The second kappa shape index (κ2) is 7.45. The number of ether oxygens (including phenoxy) is 1. The van der Waals surface area contributed by atoms with Crippen LogP contribution in [0.1, 0.15) is 18.4 Å². The maximum atomic E-state index is 13.1. The molecule has 3 heterocycles. The number of halogens is 3. The lowest BCUT2D eigenvalue weighted by atomic mass is 10.1. The Morgan fingerprint density at radius 1 is 0.964 bits per heavy atom. The molecule has 28 heavy (non-hydrogen) atoms. The van der Waals surface area contributed by atoms with Crippen LogP contribution in [0, 0.1) is 0 Å². The van der Waals surface area contributed by atoms with E-state index in [1.165, 1.54) is 16.8 Å². The summed E-state index contributed by atoms with van der Waals surface area (Å²) in [5, 5.41) is 15.9. The van der Waals surface area contributed by atoms with E-state index in [0.717, 1.165) is 6.07 Å². The molecule has 1 aliphatic heterocycles. The van der Waals surface area contributed by atoms with E-state index in [4.69, 9.17) is 4.74 Å². The molecule has 0 aliphatic carbocycles. The Balaban J connectivity index is 1.38. The zero-order valence-electron chi connectivity index (χ0n) is 14.8. The van der Waals surface area contributed by atoms with Gasteiger partial charge < -0.3 is 9.64 Å². The topological polar surface area (TPSA) is 69.0 Å². The molecule has 1 aliphatic rings. The molecule has 0 atom stereocenters. The standard InChI is InChI=1S/C18H17F3N6O/c19-18(20,21)14-3-1-2-4-15(14)28-13-7-10-26(11-8-13)16-5-6-17(24-23-16)27-12-9-22-25-27/h1-6,9,12-13H,7-8,10-11H2. The number of hydrogen-bond acceptors (Lipinski definition) is 6. The molecule has 10 heteroatoms. The summed E-state index contributed by atoms with van der Waals surface area (Å²) in [5.41, 5.74) is -0.744. The number of anilines is 1. The molecule has 0 bridgehead atoms. The van der Waals surface area contributed by atoms with Crippen LogP contribution in [0.5, 0.6) is 5.75 Å². The first-order chi connectivity index (χ1) is 13.5. The molecule has 1 aromatic carbocycles. The highest BCUT2D eigenvalue weighted by atomic mass is 19.4. The molecule has 146 valence electrons. The van der Waals surface area contributed by atoms with Crippen LogP contribution in [0.3, 0.4) is 0 Å². The van der Waals surface area contributed by atoms with Gasteiger partial charge in [-0.15, -0.1) is 15.3 Å². The number of alkyl halides is 3. The molecule has 7 nitrogen and oxygen atoms in total. The summed E-state index contributed by atoms with van der Waals surface area (Å²) in [6.45, 7) is 1.24. The van der Waals surface area contributed by atoms with Crippen molar-refractivity contribution in [1.82, 2.24) is 25.2 Å². The van der Waals surface area contributed by atoms with E-state index in [1.54, 1.807) is 24.5 Å². The zero-order chi connectivity index (χ0) is 19.6. The van der Waals surface area contributed by atoms with E-state index in [1.807, 2.05) is 11.0 Å². The van der Waals surface area contributed by atoms with Crippen LogP contribution in [0.4, 0.5) is 19.0 Å². The normalized spacial score (nSPS) is 15.6. The van der Waals surface area contributed by atoms with E-state index in [9.17, 15) is 13.2 Å². The number of aromatic nitrogens is 5. The quantitative estimate of drug-likeness (QED) is 0.682. The molecule has 2 aromatic heterocycles. The van der Waals surface area contributed by atoms with Gasteiger partial charge in [0.15, 0.2) is 11.6 Å². The first-order valence-corrected chi connectivity index (χ1v) is 8.79. The highest BCUT2D eigenvalue weighted by molar-refractivity contribution is 5.40. The Morgan fingerprint density at radius 2 is 1.68 bits per heavy atom. The second-order valence-electron chi connectivity index (χ2n) is 6.40. The van der Waals surface area contributed by atoms with Gasteiger partial charge in [-0.1, -0.05) is 17.3 Å². The fourth-order valence-corrected chi connectivity index (χ4v) is 3.13. The van der Waals surface area contributed by atoms with Gasteiger partial charge in [0.2, 0.25) is 0 Å². The summed E-state index contributed by atoms with van der Waals surface area (Å²) in [6, 6.07) is 8.94. The smallest absolute Gasteiger partial charge is 0.419 e. The van der Waals surface area contributed by atoms with Gasteiger partial charge in [-0.25, -0.2) is 4.68 Å². The minimum atomic E-state index is -4.43. The van der Waals surface area contributed by atoms with E-state index in [-0.39, 0.29) is 11.9 Å². The lowest BCUT2D eigenvalue weighted by Gasteiger charge is -2.33. The minimum absolute atomic E-state index is 0.120. The Kier molecular flexibility index (Phi) is 4.84. The van der Waals surface area contributed by atoms with Crippen molar-refractivity contribution < 1.29 is 17.9 Å². The fraction of sp³-hybridized carbons (Fsp3) is 0.333. The number of para-hydroxylation sites is 1. The summed E-state index contributed by atoms with van der Waals surface area (Å²) in [6.07, 6.45) is -0.291. The third-order valence-electron chi connectivity index (χ3n) is 4.55. The van der Waals surface area contributed by atoms with Gasteiger partial charge in [-0.05, 0) is 24.3 Å². The van der Waals surface area contributed by atoms with E-state index in [2.05, 4.69) is 20.5 Å². The molecular weight excluding hydrogens is 373 g/mol. The predicted octanol–water partition coefficient (Wildman–Crippen LogP) is 3.12. The van der Waals surface area contributed by atoms with Crippen LogP contribution in [-0.2, 0) is 6.18 Å². The van der Waals surface area contributed by atoms with Crippen molar-refractivity contribution >= 4 is 5.82 Å². The number of rotatable bonds is 4. The van der Waals surface area contributed by atoms with Crippen molar-refractivity contribution in [3.63, 3.8) is 0 Å². The van der Waals surface area contributed by atoms with Crippen LogP contribution in [0.15, 0.2) is 48.8 Å². The van der Waals surface area contributed by atoms with E-state index >= 15 is 0 Å². The van der Waals surface area contributed by atoms with Crippen LogP contribution in [-0.4, -0.2) is 44.4 Å². The van der Waals surface area contributed by atoms with Gasteiger partial charge in [0, 0.05) is 25.9 Å². The molecular formula is C18H17F3N6O. The van der Waals surface area contributed by atoms with Crippen molar-refractivity contribution in [1.29, 1.82) is 0 Å². The molecule has 1 fully saturated rings. The minimum Gasteiger partial charge on any atom is -0.490 e. The maximum Gasteiger partial charge on any atom is 0.419 e. The Labute approximate surface area is 158 Å². The molecule has 4 rings (SSSR count). The summed E-state index contributed by atoms with van der Waals surface area (Å²) in [5.74, 6) is 1.15. The number of hydrogen-bond donors (Lipinski definition) is 0. The molecule has 0 amide bonds. The van der Waals surface area contributed by atoms with Crippen LogP contribution in [0.25, 0.3) is 5.82 Å². The van der Waals surface area contributed by atoms with Crippen molar-refractivity contribution in [2.45, 2.75) is 25.1 Å². The predicted molar refractivity (Wildman–Crippen MR) is 94.3 cm³/mol. The van der Waals surface area contributed by atoms with Crippen molar-refractivity contribution in [2.24, 2.45) is 0 Å². The van der Waals surface area contributed by atoms with E-state index < -0.39 is 11.7 Å². The van der Waals surface area contributed by atoms with Gasteiger partial charge in [-0.2, -0.15) is 13.2 Å². The molecule has 0 spiro atoms.